The van der Waals surface area contributed by atoms with Crippen LogP contribution in [0.1, 0.15) is 39.4 Å². The second kappa shape index (κ2) is 14.9. The molecule has 3 unspecified atom stereocenters. The lowest BCUT2D eigenvalue weighted by atomic mass is 9.90. The molecular formula is C30H33N5O13. The van der Waals surface area contributed by atoms with Crippen LogP contribution in [0.25, 0.3) is 0 Å². The van der Waals surface area contributed by atoms with Gasteiger partial charge in [0.1, 0.15) is 29.0 Å². The van der Waals surface area contributed by atoms with Crippen LogP contribution in [0.3, 0.4) is 0 Å². The van der Waals surface area contributed by atoms with E-state index in [0.29, 0.717) is 45.2 Å². The topological polar surface area (TPSA) is 274 Å². The minimum absolute atomic E-state index is 0.0116. The first kappa shape index (κ1) is 33.8. The van der Waals surface area contributed by atoms with Crippen molar-refractivity contribution in [2.24, 2.45) is 5.73 Å². The number of nitrogens with zero attached hydrogens (tertiary/aromatic N) is 4. The molecule has 0 amide bonds. The van der Waals surface area contributed by atoms with Crippen LogP contribution in [0.5, 0.6) is 46.3 Å². The Balaban J connectivity index is 1.45. The zero-order valence-corrected chi connectivity index (χ0v) is 25.2. The molecule has 3 atom stereocenters. The third kappa shape index (κ3) is 7.86. The number of ether oxygens (including phenoxy) is 5. The highest BCUT2D eigenvalue weighted by Gasteiger charge is 2.45. The number of nitrogens with two attached hydrogens (primary N) is 1. The third-order valence-corrected chi connectivity index (χ3v) is 7.03. The maximum atomic E-state index is 13.4. The Labute approximate surface area is 271 Å². The van der Waals surface area contributed by atoms with E-state index in [1.807, 2.05) is 0 Å². The highest BCUT2D eigenvalue weighted by atomic mass is 16.6. The summed E-state index contributed by atoms with van der Waals surface area (Å²) in [6.45, 7) is 2.02. The normalized spacial score (nSPS) is 17.1. The second-order valence-electron chi connectivity index (χ2n) is 10.5. The predicted octanol–water partition coefficient (Wildman–Crippen LogP) is 1.22. The maximum absolute atomic E-state index is 13.4. The van der Waals surface area contributed by atoms with Gasteiger partial charge in [-0.2, -0.15) is 4.98 Å². The minimum Gasteiger partial charge on any atom is -0.508 e. The maximum Gasteiger partial charge on any atom is 0.339 e. The van der Waals surface area contributed by atoms with Gasteiger partial charge in [-0.15, -0.1) is 5.10 Å². The molecule has 3 heterocycles. The molecule has 0 saturated carbocycles. The summed E-state index contributed by atoms with van der Waals surface area (Å²) in [5.74, 6) is -5.68. The molecule has 2 aromatic carbocycles. The van der Waals surface area contributed by atoms with Crippen molar-refractivity contribution < 1.29 is 64.2 Å². The Morgan fingerprint density at radius 3 is 2.25 bits per heavy atom. The van der Waals surface area contributed by atoms with Crippen molar-refractivity contribution in [1.29, 1.82) is 0 Å². The number of aromatic nitrogens is 4. The second-order valence-corrected chi connectivity index (χ2v) is 10.5. The fourth-order valence-electron chi connectivity index (χ4n) is 4.92. The number of benzene rings is 2. The van der Waals surface area contributed by atoms with E-state index in [2.05, 4.69) is 15.3 Å². The van der Waals surface area contributed by atoms with Gasteiger partial charge in [0.05, 0.1) is 56.9 Å². The molecular weight excluding hydrogens is 638 g/mol. The average molecular weight is 672 g/mol. The van der Waals surface area contributed by atoms with Crippen molar-refractivity contribution in [1.82, 2.24) is 20.0 Å². The van der Waals surface area contributed by atoms with Crippen LogP contribution in [0, 0.1) is 0 Å². The Kier molecular flexibility index (Phi) is 10.5. The van der Waals surface area contributed by atoms with Crippen LogP contribution in [0.15, 0.2) is 42.6 Å². The molecule has 0 radical (unpaired) electrons. The van der Waals surface area contributed by atoms with Crippen molar-refractivity contribution in [2.75, 3.05) is 33.0 Å². The van der Waals surface area contributed by atoms with Crippen LogP contribution in [-0.2, 0) is 32.1 Å². The van der Waals surface area contributed by atoms with Crippen molar-refractivity contribution in [3.63, 3.8) is 0 Å². The first-order valence-corrected chi connectivity index (χ1v) is 14.5. The molecule has 18 heteroatoms. The summed E-state index contributed by atoms with van der Waals surface area (Å²) in [6.07, 6.45) is -2.71. The molecule has 1 aliphatic heterocycles. The molecule has 9 N–H and O–H groups in total. The lowest BCUT2D eigenvalue weighted by molar-refractivity contribution is -0.116. The number of pyridine rings is 1. The SMILES string of the molecule is NCCOCCOCCn1cc(COC2c3c(O)cc(O)cc3OC(c3cc(O)c(O)c(O)c3)C2OC(=O)c2cc(O)nc(O)c2)nn1. The van der Waals surface area contributed by atoms with Crippen LogP contribution in [0.4, 0.5) is 0 Å². The molecule has 0 saturated heterocycles. The van der Waals surface area contributed by atoms with E-state index in [1.165, 1.54) is 10.7 Å². The number of phenolic OH excluding ortho intramolecular Hbond substituents is 5. The predicted molar refractivity (Wildman–Crippen MR) is 160 cm³/mol. The first-order chi connectivity index (χ1) is 23.0. The summed E-state index contributed by atoms with van der Waals surface area (Å²) in [4.78, 5) is 16.8. The van der Waals surface area contributed by atoms with E-state index in [1.54, 1.807) is 6.20 Å². The summed E-state index contributed by atoms with van der Waals surface area (Å²) in [6, 6.07) is 6.17. The lowest BCUT2D eigenvalue weighted by Crippen LogP contribution is -2.39. The first-order valence-electron chi connectivity index (χ1n) is 14.5. The van der Waals surface area contributed by atoms with Crippen LogP contribution < -0.4 is 10.5 Å². The Morgan fingerprint density at radius 1 is 0.875 bits per heavy atom. The number of aromatic hydroxyl groups is 7. The molecule has 0 bridgehead atoms. The standard InChI is InChI=1S/C30H33N5O13/c31-1-3-44-5-6-45-4-2-35-13-17(33-34-35)14-46-28-25-19(37)11-18(36)12-22(25)47-27(15-7-20(38)26(42)21(39)8-15)29(28)48-30(43)16-9-23(40)32-24(41)10-16/h7-13,27-29,36-39,42H,1-6,14,31H2,(H2,32,40,41). The van der Waals surface area contributed by atoms with Crippen LogP contribution in [0.2, 0.25) is 0 Å². The number of fused-ring (bicyclic) bond motifs is 1. The van der Waals surface area contributed by atoms with Gasteiger partial charge in [-0.25, -0.2) is 9.48 Å². The summed E-state index contributed by atoms with van der Waals surface area (Å²) in [5.41, 5.74) is 5.35. The van der Waals surface area contributed by atoms with Gasteiger partial charge in [0.25, 0.3) is 0 Å². The lowest BCUT2D eigenvalue weighted by Gasteiger charge is -2.39. The fraction of sp³-hybridized carbons (Fsp3) is 0.333. The zero-order valence-electron chi connectivity index (χ0n) is 25.2. The van der Waals surface area contributed by atoms with Crippen molar-refractivity contribution in [3.8, 4) is 46.3 Å². The van der Waals surface area contributed by atoms with Gasteiger partial charge in [0.15, 0.2) is 29.5 Å². The molecule has 0 aliphatic carbocycles. The van der Waals surface area contributed by atoms with E-state index in [9.17, 15) is 40.5 Å². The van der Waals surface area contributed by atoms with Gasteiger partial charge in [-0.3, -0.25) is 0 Å². The Bertz CT molecular complexity index is 1710. The highest BCUT2D eigenvalue weighted by molar-refractivity contribution is 5.90. The van der Waals surface area contributed by atoms with Gasteiger partial charge in [0, 0.05) is 36.4 Å². The van der Waals surface area contributed by atoms with E-state index in [0.717, 1.165) is 30.3 Å². The number of hydrogen-bond donors (Lipinski definition) is 8. The van der Waals surface area contributed by atoms with E-state index in [4.69, 9.17) is 29.4 Å². The highest BCUT2D eigenvalue weighted by Crippen LogP contribution is 2.51. The van der Waals surface area contributed by atoms with Crippen molar-refractivity contribution >= 4 is 5.97 Å². The van der Waals surface area contributed by atoms with Crippen molar-refractivity contribution in [2.45, 2.75) is 31.5 Å². The summed E-state index contributed by atoms with van der Waals surface area (Å²) in [5, 5.41) is 79.4. The van der Waals surface area contributed by atoms with Gasteiger partial charge < -0.3 is 65.2 Å². The number of rotatable bonds is 14. The fourth-order valence-corrected chi connectivity index (χ4v) is 4.92. The molecule has 4 aromatic rings. The molecule has 5 rings (SSSR count). The van der Waals surface area contributed by atoms with Gasteiger partial charge in [0.2, 0.25) is 11.8 Å². The van der Waals surface area contributed by atoms with E-state index >= 15 is 0 Å². The molecule has 256 valence electrons. The van der Waals surface area contributed by atoms with E-state index in [-0.39, 0.29) is 34.8 Å². The molecule has 0 spiro atoms. The monoisotopic (exact) mass is 671 g/mol. The van der Waals surface area contributed by atoms with E-state index < -0.39 is 59.0 Å². The quantitative estimate of drug-likeness (QED) is 0.0531. The summed E-state index contributed by atoms with van der Waals surface area (Å²) >= 11 is 0. The smallest absolute Gasteiger partial charge is 0.339 e. The number of carbonyl (C=O) groups excluding carboxylic acids is 1. The summed E-state index contributed by atoms with van der Waals surface area (Å²) in [7, 11) is 0. The molecule has 18 nitrogen and oxygen atoms in total. The molecule has 2 aromatic heterocycles. The zero-order chi connectivity index (χ0) is 34.4. The van der Waals surface area contributed by atoms with Gasteiger partial charge >= 0.3 is 5.97 Å². The molecule has 1 aliphatic rings. The van der Waals surface area contributed by atoms with Gasteiger partial charge in [-0.05, 0) is 12.1 Å². The van der Waals surface area contributed by atoms with Crippen LogP contribution >= 0.6 is 0 Å². The van der Waals surface area contributed by atoms with Crippen LogP contribution in [-0.4, -0.2) is 101 Å². The summed E-state index contributed by atoms with van der Waals surface area (Å²) < 4.78 is 30.3. The Morgan fingerprint density at radius 2 is 1.56 bits per heavy atom. The van der Waals surface area contributed by atoms with Crippen molar-refractivity contribution in [3.05, 3.63) is 65.0 Å². The molecule has 48 heavy (non-hydrogen) atoms. The minimum atomic E-state index is -1.52. The number of phenols is 5. The number of hydrogen-bond acceptors (Lipinski definition) is 17. The Hall–Kier alpha value is -5.56. The third-order valence-electron chi connectivity index (χ3n) is 7.03. The average Bonchev–Trinajstić information content (AvgIpc) is 3.49. The van der Waals surface area contributed by atoms with Gasteiger partial charge in [-0.1, -0.05) is 5.21 Å². The number of esters is 1. The largest absolute Gasteiger partial charge is 0.508 e. The molecule has 0 fully saturated rings. The number of carbonyl (C=O) groups is 1.